The van der Waals surface area contributed by atoms with Crippen LogP contribution in [-0.4, -0.2) is 23.0 Å². The van der Waals surface area contributed by atoms with E-state index in [2.05, 4.69) is 29.5 Å². The van der Waals surface area contributed by atoms with Crippen LogP contribution < -0.4 is 10.6 Å². The molecule has 0 radical (unpaired) electrons. The molecule has 1 fully saturated rings. The van der Waals surface area contributed by atoms with Crippen LogP contribution in [0.15, 0.2) is 29.3 Å². The molecule has 1 aromatic carbocycles. The average Bonchev–Trinajstić information content (AvgIpc) is 3.20. The van der Waals surface area contributed by atoms with Gasteiger partial charge in [-0.05, 0) is 32.3 Å². The molecule has 1 aliphatic rings. The van der Waals surface area contributed by atoms with Gasteiger partial charge in [-0.25, -0.2) is 4.99 Å². The molecule has 0 aromatic heterocycles. The second-order valence-corrected chi connectivity index (χ2v) is 5.31. The van der Waals surface area contributed by atoms with Gasteiger partial charge in [-0.2, -0.15) is 0 Å². The van der Waals surface area contributed by atoms with Crippen molar-refractivity contribution in [3.8, 4) is 0 Å². The minimum absolute atomic E-state index is 0.106. The summed E-state index contributed by atoms with van der Waals surface area (Å²) in [4.78, 5) is 14.7. The van der Waals surface area contributed by atoms with E-state index in [1.807, 2.05) is 0 Å². The first kappa shape index (κ1) is 14.3. The summed E-state index contributed by atoms with van der Waals surface area (Å²) in [6.45, 7) is 4.64. The number of nitrogens with one attached hydrogen (secondary N) is 2. The predicted octanol–water partition coefficient (Wildman–Crippen LogP) is 2.20. The SMILES string of the molecule is CC(C)NC(=NCc1ccc([N+](=O)[O-])cc1)NC1CC1. The second kappa shape index (κ2) is 6.36. The van der Waals surface area contributed by atoms with Crippen LogP contribution >= 0.6 is 0 Å². The van der Waals surface area contributed by atoms with Crippen LogP contribution in [0.3, 0.4) is 0 Å². The maximum absolute atomic E-state index is 10.6. The van der Waals surface area contributed by atoms with Gasteiger partial charge >= 0.3 is 0 Å². The first-order valence-corrected chi connectivity index (χ1v) is 6.85. The van der Waals surface area contributed by atoms with Crippen molar-refractivity contribution >= 4 is 11.6 Å². The fraction of sp³-hybridized carbons (Fsp3) is 0.500. The van der Waals surface area contributed by atoms with E-state index < -0.39 is 4.92 Å². The summed E-state index contributed by atoms with van der Waals surface area (Å²) in [5.41, 5.74) is 1.06. The van der Waals surface area contributed by atoms with Gasteiger partial charge in [-0.3, -0.25) is 10.1 Å². The molecule has 2 rings (SSSR count). The summed E-state index contributed by atoms with van der Waals surface area (Å²) in [6.07, 6.45) is 2.38. The van der Waals surface area contributed by atoms with E-state index >= 15 is 0 Å². The van der Waals surface area contributed by atoms with E-state index in [-0.39, 0.29) is 5.69 Å². The molecule has 0 heterocycles. The van der Waals surface area contributed by atoms with Crippen LogP contribution in [0.25, 0.3) is 0 Å². The Morgan fingerprint density at radius 1 is 1.40 bits per heavy atom. The van der Waals surface area contributed by atoms with Crippen LogP contribution in [0.1, 0.15) is 32.3 Å². The van der Waals surface area contributed by atoms with E-state index in [9.17, 15) is 10.1 Å². The lowest BCUT2D eigenvalue weighted by Gasteiger charge is -2.14. The maximum atomic E-state index is 10.6. The number of hydrogen-bond acceptors (Lipinski definition) is 3. The Hall–Kier alpha value is -2.11. The Labute approximate surface area is 118 Å². The lowest BCUT2D eigenvalue weighted by molar-refractivity contribution is -0.384. The van der Waals surface area contributed by atoms with E-state index in [0.29, 0.717) is 18.6 Å². The smallest absolute Gasteiger partial charge is 0.269 e. The lowest BCUT2D eigenvalue weighted by atomic mass is 10.2. The topological polar surface area (TPSA) is 79.6 Å². The molecule has 20 heavy (non-hydrogen) atoms. The third kappa shape index (κ3) is 4.53. The molecule has 1 aliphatic carbocycles. The Balaban J connectivity index is 1.97. The zero-order valence-electron chi connectivity index (χ0n) is 11.8. The zero-order chi connectivity index (χ0) is 14.5. The molecule has 108 valence electrons. The molecule has 1 saturated carbocycles. The van der Waals surface area contributed by atoms with Gasteiger partial charge in [0.15, 0.2) is 5.96 Å². The maximum Gasteiger partial charge on any atom is 0.269 e. The molecule has 0 aliphatic heterocycles. The van der Waals surface area contributed by atoms with Crippen molar-refractivity contribution in [2.24, 2.45) is 4.99 Å². The molecule has 0 spiro atoms. The van der Waals surface area contributed by atoms with Gasteiger partial charge in [-0.1, -0.05) is 12.1 Å². The minimum Gasteiger partial charge on any atom is -0.354 e. The molecule has 0 atom stereocenters. The third-order valence-electron chi connectivity index (χ3n) is 2.91. The molecule has 0 bridgehead atoms. The van der Waals surface area contributed by atoms with Crippen molar-refractivity contribution in [2.75, 3.05) is 0 Å². The van der Waals surface area contributed by atoms with Gasteiger partial charge in [0.2, 0.25) is 0 Å². The summed E-state index contributed by atoms with van der Waals surface area (Å²) in [6, 6.07) is 7.36. The number of nitro groups is 1. The minimum atomic E-state index is -0.395. The van der Waals surface area contributed by atoms with E-state index in [0.717, 1.165) is 11.5 Å². The fourth-order valence-electron chi connectivity index (χ4n) is 1.72. The molecular formula is C14H20N4O2. The largest absolute Gasteiger partial charge is 0.354 e. The highest BCUT2D eigenvalue weighted by atomic mass is 16.6. The van der Waals surface area contributed by atoms with Gasteiger partial charge in [0.05, 0.1) is 11.5 Å². The molecule has 6 nitrogen and oxygen atoms in total. The summed E-state index contributed by atoms with van der Waals surface area (Å²) in [7, 11) is 0. The van der Waals surface area contributed by atoms with Crippen LogP contribution in [0.5, 0.6) is 0 Å². The average molecular weight is 276 g/mol. The molecule has 0 saturated heterocycles. The van der Waals surface area contributed by atoms with Crippen molar-refractivity contribution in [2.45, 2.75) is 45.3 Å². The first-order chi connectivity index (χ1) is 9.54. The number of non-ortho nitro benzene ring substituents is 1. The highest BCUT2D eigenvalue weighted by Crippen LogP contribution is 2.18. The highest BCUT2D eigenvalue weighted by Gasteiger charge is 2.22. The molecule has 6 heteroatoms. The summed E-state index contributed by atoms with van der Waals surface area (Å²) in [5.74, 6) is 0.806. The molecule has 0 unspecified atom stereocenters. The van der Waals surface area contributed by atoms with Gasteiger partial charge in [-0.15, -0.1) is 0 Å². The number of nitro benzene ring substituents is 1. The Morgan fingerprint density at radius 3 is 2.55 bits per heavy atom. The third-order valence-corrected chi connectivity index (χ3v) is 2.91. The van der Waals surface area contributed by atoms with Gasteiger partial charge in [0.25, 0.3) is 5.69 Å². The second-order valence-electron chi connectivity index (χ2n) is 5.31. The van der Waals surface area contributed by atoms with Gasteiger partial charge in [0, 0.05) is 24.2 Å². The number of nitrogens with zero attached hydrogens (tertiary/aromatic N) is 2. The first-order valence-electron chi connectivity index (χ1n) is 6.85. The van der Waals surface area contributed by atoms with Crippen molar-refractivity contribution in [3.63, 3.8) is 0 Å². The van der Waals surface area contributed by atoms with E-state index in [1.165, 1.54) is 25.0 Å². The van der Waals surface area contributed by atoms with Gasteiger partial charge < -0.3 is 10.6 Å². The van der Waals surface area contributed by atoms with Crippen LogP contribution in [0, 0.1) is 10.1 Å². The van der Waals surface area contributed by atoms with Crippen molar-refractivity contribution in [1.29, 1.82) is 0 Å². The zero-order valence-corrected chi connectivity index (χ0v) is 11.8. The van der Waals surface area contributed by atoms with Crippen LogP contribution in [0.2, 0.25) is 0 Å². The lowest BCUT2D eigenvalue weighted by Crippen LogP contribution is -2.42. The number of aliphatic imine (C=N–C) groups is 1. The molecule has 2 N–H and O–H groups in total. The van der Waals surface area contributed by atoms with Crippen LogP contribution in [-0.2, 0) is 6.54 Å². The number of rotatable bonds is 5. The Morgan fingerprint density at radius 2 is 2.05 bits per heavy atom. The number of benzene rings is 1. The number of hydrogen-bond donors (Lipinski definition) is 2. The van der Waals surface area contributed by atoms with Crippen molar-refractivity contribution in [1.82, 2.24) is 10.6 Å². The van der Waals surface area contributed by atoms with Gasteiger partial charge in [0.1, 0.15) is 0 Å². The fourth-order valence-corrected chi connectivity index (χ4v) is 1.72. The number of guanidine groups is 1. The molecule has 0 amide bonds. The van der Waals surface area contributed by atoms with E-state index in [4.69, 9.17) is 0 Å². The monoisotopic (exact) mass is 276 g/mol. The highest BCUT2D eigenvalue weighted by molar-refractivity contribution is 5.80. The summed E-state index contributed by atoms with van der Waals surface area (Å²) in [5, 5.41) is 17.2. The summed E-state index contributed by atoms with van der Waals surface area (Å²) < 4.78 is 0. The molecule has 1 aromatic rings. The predicted molar refractivity (Wildman–Crippen MR) is 78.7 cm³/mol. The molecular weight excluding hydrogens is 256 g/mol. The van der Waals surface area contributed by atoms with Crippen LogP contribution in [0.4, 0.5) is 5.69 Å². The normalized spacial score (nSPS) is 15.2. The van der Waals surface area contributed by atoms with E-state index in [1.54, 1.807) is 12.1 Å². The summed E-state index contributed by atoms with van der Waals surface area (Å²) >= 11 is 0. The standard InChI is InChI=1S/C14H20N4O2/c1-10(2)16-14(17-12-5-6-12)15-9-11-3-7-13(8-4-11)18(19)20/h3-4,7-8,10,12H,5-6,9H2,1-2H3,(H2,15,16,17). The Kier molecular flexibility index (Phi) is 4.55. The Bertz CT molecular complexity index is 486. The van der Waals surface area contributed by atoms with Crippen molar-refractivity contribution < 1.29 is 4.92 Å². The quantitative estimate of drug-likeness (QED) is 0.374. The van der Waals surface area contributed by atoms with Crippen molar-refractivity contribution in [3.05, 3.63) is 39.9 Å².